The molecule has 2 N–H and O–H groups in total. The summed E-state index contributed by atoms with van der Waals surface area (Å²) in [5.74, 6) is -1.04. The number of halogens is 3. The quantitative estimate of drug-likeness (QED) is 0.465. The maximum Gasteiger partial charge on any atom is 0.350 e. The van der Waals surface area contributed by atoms with Crippen LogP contribution >= 0.6 is 34.5 Å². The molecule has 0 aromatic carbocycles. The number of H-pyrrole nitrogens is 1. The molecule has 0 bridgehead atoms. The minimum atomic E-state index is -1.37. The van der Waals surface area contributed by atoms with Crippen molar-refractivity contribution in [2.75, 3.05) is 24.6 Å². The van der Waals surface area contributed by atoms with Gasteiger partial charge in [-0.1, -0.05) is 34.5 Å². The first kappa shape index (κ1) is 24.4. The lowest BCUT2D eigenvalue weighted by Gasteiger charge is -2.34. The third kappa shape index (κ3) is 4.86. The molecule has 2 unspecified atom stereocenters. The average molecular weight is 527 g/mol. The number of esters is 1. The summed E-state index contributed by atoms with van der Waals surface area (Å²) in [7, 11) is 0. The van der Waals surface area contributed by atoms with Gasteiger partial charge in [-0.15, -0.1) is 0 Å². The summed E-state index contributed by atoms with van der Waals surface area (Å²) in [6.45, 7) is 4.02. The Hall–Kier alpha value is -2.76. The summed E-state index contributed by atoms with van der Waals surface area (Å²) < 4.78 is 20.3. The Balaban J connectivity index is 1.50. The van der Waals surface area contributed by atoms with Gasteiger partial charge in [-0.3, -0.25) is 4.79 Å². The molecule has 0 aliphatic carbocycles. The Kier molecular flexibility index (Phi) is 7.34. The number of piperidine rings is 1. The maximum absolute atomic E-state index is 15.1. The van der Waals surface area contributed by atoms with E-state index in [1.807, 2.05) is 0 Å². The zero-order valence-electron chi connectivity index (χ0n) is 18.3. The molecule has 1 fully saturated rings. The van der Waals surface area contributed by atoms with Crippen molar-refractivity contribution >= 4 is 51.5 Å². The minimum absolute atomic E-state index is 0.0117. The number of nitrogens with one attached hydrogen (secondary N) is 2. The second kappa shape index (κ2) is 10.2. The molecule has 1 aliphatic rings. The van der Waals surface area contributed by atoms with Gasteiger partial charge in [0.25, 0.3) is 5.91 Å². The van der Waals surface area contributed by atoms with Crippen LogP contribution < -0.4 is 10.2 Å². The molecule has 1 amide bonds. The van der Waals surface area contributed by atoms with Crippen LogP contribution in [0.15, 0.2) is 18.6 Å². The fourth-order valence-electron chi connectivity index (χ4n) is 3.59. The van der Waals surface area contributed by atoms with Crippen molar-refractivity contribution in [3.05, 3.63) is 44.9 Å². The molecular weight excluding hydrogens is 506 g/mol. The van der Waals surface area contributed by atoms with E-state index in [1.54, 1.807) is 31.0 Å². The van der Waals surface area contributed by atoms with E-state index < -0.39 is 24.1 Å². The predicted molar refractivity (Wildman–Crippen MR) is 128 cm³/mol. The van der Waals surface area contributed by atoms with Crippen LogP contribution in [0.2, 0.25) is 10.0 Å². The minimum Gasteiger partial charge on any atom is -0.462 e. The van der Waals surface area contributed by atoms with Crippen molar-refractivity contribution in [3.63, 3.8) is 0 Å². The van der Waals surface area contributed by atoms with Gasteiger partial charge in [-0.25, -0.2) is 24.1 Å². The van der Waals surface area contributed by atoms with E-state index in [-0.39, 0.29) is 33.8 Å². The van der Waals surface area contributed by atoms with E-state index >= 15 is 4.39 Å². The number of thiazole rings is 1. The number of aromatic amines is 1. The second-order valence-corrected chi connectivity index (χ2v) is 9.31. The summed E-state index contributed by atoms with van der Waals surface area (Å²) in [6.07, 6.45) is 1.86. The monoisotopic (exact) mass is 526 g/mol. The summed E-state index contributed by atoms with van der Waals surface area (Å²) >= 11 is 13.3. The fraction of sp³-hybridized carbons (Fsp3) is 0.381. The van der Waals surface area contributed by atoms with Gasteiger partial charge in [0, 0.05) is 18.4 Å². The van der Waals surface area contributed by atoms with Crippen molar-refractivity contribution < 1.29 is 18.7 Å². The molecule has 4 rings (SSSR count). The number of anilines is 1. The van der Waals surface area contributed by atoms with Crippen LogP contribution in [0.4, 0.5) is 9.52 Å². The van der Waals surface area contributed by atoms with Gasteiger partial charge < -0.3 is 19.9 Å². The summed E-state index contributed by atoms with van der Waals surface area (Å²) in [4.78, 5) is 42.6. The van der Waals surface area contributed by atoms with Crippen molar-refractivity contribution in [3.8, 4) is 11.4 Å². The van der Waals surface area contributed by atoms with Gasteiger partial charge in [0.05, 0.1) is 34.9 Å². The SMILES string of the molecule is CCOC(=O)c1sc(N2CCC(NC(=O)c3[nH]c(C)c(Cl)c3Cl)C(F)C2)nc1-c1ccncn1. The van der Waals surface area contributed by atoms with Gasteiger partial charge in [-0.05, 0) is 26.3 Å². The zero-order valence-corrected chi connectivity index (χ0v) is 20.6. The number of aromatic nitrogens is 4. The van der Waals surface area contributed by atoms with Crippen LogP contribution in [0.5, 0.6) is 0 Å². The van der Waals surface area contributed by atoms with Crippen molar-refractivity contribution in [1.29, 1.82) is 0 Å². The Morgan fingerprint density at radius 3 is 2.79 bits per heavy atom. The molecule has 180 valence electrons. The van der Waals surface area contributed by atoms with Crippen LogP contribution in [0.3, 0.4) is 0 Å². The molecule has 34 heavy (non-hydrogen) atoms. The predicted octanol–water partition coefficient (Wildman–Crippen LogP) is 4.07. The van der Waals surface area contributed by atoms with E-state index in [1.165, 1.54) is 6.33 Å². The summed E-state index contributed by atoms with van der Waals surface area (Å²) in [5.41, 5.74) is 1.49. The van der Waals surface area contributed by atoms with Crippen LogP contribution in [-0.2, 0) is 4.74 Å². The molecule has 2 atom stereocenters. The number of ether oxygens (including phenoxy) is 1. The number of amides is 1. The van der Waals surface area contributed by atoms with E-state index in [2.05, 4.69) is 25.3 Å². The van der Waals surface area contributed by atoms with Crippen LogP contribution in [0, 0.1) is 6.92 Å². The largest absolute Gasteiger partial charge is 0.462 e. The Labute approximate surface area is 208 Å². The molecule has 4 heterocycles. The lowest BCUT2D eigenvalue weighted by Crippen LogP contribution is -2.52. The van der Waals surface area contributed by atoms with Gasteiger partial charge in [0.1, 0.15) is 28.8 Å². The van der Waals surface area contributed by atoms with Crippen molar-refractivity contribution in [2.45, 2.75) is 32.5 Å². The number of carbonyl (C=O) groups is 2. The highest BCUT2D eigenvalue weighted by Gasteiger charge is 2.34. The standard InChI is InChI=1S/C21H21Cl2FN6O3S/c1-3-33-20(32)18-16(13-4-6-25-9-26-13)29-21(34-18)30-7-5-12(11(24)8-30)28-19(31)17-15(23)14(22)10(2)27-17/h4,6,9,11-12,27H,3,5,7-8H2,1-2H3,(H,28,31). The number of carbonyl (C=O) groups excluding carboxylic acids is 2. The lowest BCUT2D eigenvalue weighted by atomic mass is 10.0. The molecule has 0 spiro atoms. The molecular formula is C21H21Cl2FN6O3S. The normalized spacial score (nSPS) is 18.1. The zero-order chi connectivity index (χ0) is 24.4. The Bertz CT molecular complexity index is 1200. The number of hydrogen-bond donors (Lipinski definition) is 2. The highest BCUT2D eigenvalue weighted by atomic mass is 35.5. The molecule has 0 radical (unpaired) electrons. The first-order chi connectivity index (χ1) is 16.3. The van der Waals surface area contributed by atoms with Crippen LogP contribution in [0.25, 0.3) is 11.4 Å². The number of alkyl halides is 1. The number of nitrogens with zero attached hydrogens (tertiary/aromatic N) is 4. The third-order valence-corrected chi connectivity index (χ3v) is 7.35. The lowest BCUT2D eigenvalue weighted by molar-refractivity contribution is 0.0532. The molecule has 1 saturated heterocycles. The fourth-order valence-corrected chi connectivity index (χ4v) is 5.01. The van der Waals surface area contributed by atoms with E-state index in [4.69, 9.17) is 27.9 Å². The molecule has 3 aromatic rings. The second-order valence-electron chi connectivity index (χ2n) is 7.57. The van der Waals surface area contributed by atoms with Crippen LogP contribution in [0.1, 0.15) is 39.2 Å². The molecule has 1 aliphatic heterocycles. The number of rotatable bonds is 6. The smallest absolute Gasteiger partial charge is 0.350 e. The molecule has 3 aromatic heterocycles. The average Bonchev–Trinajstić information content (AvgIpc) is 3.39. The first-order valence-corrected chi connectivity index (χ1v) is 12.0. The van der Waals surface area contributed by atoms with Gasteiger partial charge in [-0.2, -0.15) is 0 Å². The highest BCUT2D eigenvalue weighted by molar-refractivity contribution is 7.17. The van der Waals surface area contributed by atoms with Gasteiger partial charge in [0.2, 0.25) is 0 Å². The third-order valence-electron chi connectivity index (χ3n) is 5.31. The van der Waals surface area contributed by atoms with E-state index in [0.717, 1.165) is 11.3 Å². The van der Waals surface area contributed by atoms with Crippen LogP contribution in [-0.4, -0.2) is 63.7 Å². The Morgan fingerprint density at radius 1 is 1.38 bits per heavy atom. The Morgan fingerprint density at radius 2 is 2.18 bits per heavy atom. The molecule has 0 saturated carbocycles. The first-order valence-electron chi connectivity index (χ1n) is 10.5. The maximum atomic E-state index is 15.1. The number of hydrogen-bond acceptors (Lipinski definition) is 8. The van der Waals surface area contributed by atoms with Crippen molar-refractivity contribution in [2.24, 2.45) is 0 Å². The van der Waals surface area contributed by atoms with Crippen molar-refractivity contribution in [1.82, 2.24) is 25.3 Å². The summed E-state index contributed by atoms with van der Waals surface area (Å²) in [5, 5.41) is 3.53. The van der Waals surface area contributed by atoms with E-state index in [9.17, 15) is 9.59 Å². The van der Waals surface area contributed by atoms with Gasteiger partial charge in [0.15, 0.2) is 5.13 Å². The topological polar surface area (TPSA) is 113 Å². The van der Waals surface area contributed by atoms with E-state index in [0.29, 0.717) is 35.2 Å². The van der Waals surface area contributed by atoms with Gasteiger partial charge >= 0.3 is 5.97 Å². The molecule has 13 heteroatoms. The highest BCUT2D eigenvalue weighted by Crippen LogP contribution is 2.35. The summed E-state index contributed by atoms with van der Waals surface area (Å²) in [6, 6.07) is 0.925. The molecule has 9 nitrogen and oxygen atoms in total. The number of aryl methyl sites for hydroxylation is 1.